The van der Waals surface area contributed by atoms with E-state index in [9.17, 15) is 4.79 Å². The molecule has 5 heteroatoms. The number of hydrogen-bond acceptors (Lipinski definition) is 4. The van der Waals surface area contributed by atoms with Gasteiger partial charge in [-0.25, -0.2) is 0 Å². The predicted molar refractivity (Wildman–Crippen MR) is 92.5 cm³/mol. The second-order valence-corrected chi connectivity index (χ2v) is 5.53. The fourth-order valence-corrected chi connectivity index (χ4v) is 2.21. The van der Waals surface area contributed by atoms with Crippen LogP contribution < -0.4 is 15.2 Å². The average Bonchev–Trinajstić information content (AvgIpc) is 2.57. The Morgan fingerprint density at radius 3 is 2.29 bits per heavy atom. The van der Waals surface area contributed by atoms with Gasteiger partial charge in [-0.3, -0.25) is 4.79 Å². The number of benzene rings is 2. The molecule has 0 aliphatic rings. The van der Waals surface area contributed by atoms with Gasteiger partial charge in [0.2, 0.25) is 5.91 Å². The first kappa shape index (κ1) is 17.8. The minimum absolute atomic E-state index is 0.408. The van der Waals surface area contributed by atoms with E-state index in [4.69, 9.17) is 19.9 Å². The van der Waals surface area contributed by atoms with Crippen LogP contribution in [0.25, 0.3) is 0 Å². The van der Waals surface area contributed by atoms with Crippen molar-refractivity contribution in [3.8, 4) is 11.5 Å². The maximum atomic E-state index is 11.1. The lowest BCUT2D eigenvalue weighted by Gasteiger charge is -2.11. The second kappa shape index (κ2) is 8.93. The largest absolute Gasteiger partial charge is 0.493 e. The molecule has 0 heterocycles. The molecule has 128 valence electrons. The molecule has 0 radical (unpaired) electrons. The van der Waals surface area contributed by atoms with Crippen LogP contribution in [0.1, 0.15) is 27.9 Å². The molecule has 2 N–H and O–H groups in total. The van der Waals surface area contributed by atoms with Gasteiger partial charge < -0.3 is 19.9 Å². The zero-order chi connectivity index (χ0) is 17.4. The molecule has 2 rings (SSSR count). The molecule has 24 heavy (non-hydrogen) atoms. The van der Waals surface area contributed by atoms with Crippen molar-refractivity contribution in [3.05, 3.63) is 59.2 Å². The molecule has 0 aliphatic heterocycles. The van der Waals surface area contributed by atoms with Gasteiger partial charge in [-0.1, -0.05) is 12.1 Å². The van der Waals surface area contributed by atoms with Crippen LogP contribution in [0.2, 0.25) is 0 Å². The summed E-state index contributed by atoms with van der Waals surface area (Å²) in [6.07, 6.45) is 0.840. The summed E-state index contributed by atoms with van der Waals surface area (Å²) in [7, 11) is 1.68. The summed E-state index contributed by atoms with van der Waals surface area (Å²) in [5.74, 6) is 1.09. The molecule has 5 nitrogen and oxygen atoms in total. The Morgan fingerprint density at radius 1 is 1.00 bits per heavy atom. The molecule has 0 atom stereocenters. The lowest BCUT2D eigenvalue weighted by molar-refractivity contribution is 0.1000. The standard InChI is InChI=1S/C19H23NO4/c1-14-10-17(23-9-3-8-22-2)12-18(11-14)24-13-15-4-6-16(7-5-15)19(20)21/h4-7,10-12H,3,8-9,13H2,1-2H3,(H2,20,21). The highest BCUT2D eigenvalue weighted by molar-refractivity contribution is 5.92. The summed E-state index contributed by atoms with van der Waals surface area (Å²) < 4.78 is 16.5. The van der Waals surface area contributed by atoms with Crippen molar-refractivity contribution >= 4 is 5.91 Å². The van der Waals surface area contributed by atoms with Crippen LogP contribution in [0.15, 0.2) is 42.5 Å². The summed E-state index contributed by atoms with van der Waals surface area (Å²) in [6.45, 7) is 3.68. The van der Waals surface area contributed by atoms with Gasteiger partial charge in [0.15, 0.2) is 0 Å². The van der Waals surface area contributed by atoms with Gasteiger partial charge in [-0.2, -0.15) is 0 Å². The van der Waals surface area contributed by atoms with Crippen molar-refractivity contribution < 1.29 is 19.0 Å². The van der Waals surface area contributed by atoms with Gasteiger partial charge in [0.1, 0.15) is 18.1 Å². The number of carbonyl (C=O) groups excluding carboxylic acids is 1. The minimum Gasteiger partial charge on any atom is -0.493 e. The Kier molecular flexibility index (Phi) is 6.63. The lowest BCUT2D eigenvalue weighted by atomic mass is 10.1. The molecule has 2 aromatic rings. The first-order valence-electron chi connectivity index (χ1n) is 7.83. The summed E-state index contributed by atoms with van der Waals surface area (Å²) in [6, 6.07) is 12.9. The van der Waals surface area contributed by atoms with Crippen LogP contribution in [-0.2, 0) is 11.3 Å². The first-order valence-corrected chi connectivity index (χ1v) is 7.83. The van der Waals surface area contributed by atoms with E-state index >= 15 is 0 Å². The zero-order valence-corrected chi connectivity index (χ0v) is 14.1. The number of hydrogen-bond donors (Lipinski definition) is 1. The molecule has 1 amide bonds. The zero-order valence-electron chi connectivity index (χ0n) is 14.1. The van der Waals surface area contributed by atoms with Crippen molar-refractivity contribution in [2.45, 2.75) is 20.0 Å². The number of carbonyl (C=O) groups is 1. The maximum absolute atomic E-state index is 11.1. The van der Waals surface area contributed by atoms with E-state index in [0.29, 0.717) is 25.4 Å². The van der Waals surface area contributed by atoms with Crippen molar-refractivity contribution in [2.24, 2.45) is 5.73 Å². The van der Waals surface area contributed by atoms with Gasteiger partial charge in [-0.15, -0.1) is 0 Å². The fourth-order valence-electron chi connectivity index (χ4n) is 2.21. The molecular formula is C19H23NO4. The fraction of sp³-hybridized carbons (Fsp3) is 0.316. The highest BCUT2D eigenvalue weighted by Crippen LogP contribution is 2.23. The van der Waals surface area contributed by atoms with Gasteiger partial charge in [-0.05, 0) is 42.3 Å². The molecule has 0 aromatic heterocycles. The Bertz CT molecular complexity index is 668. The molecule has 0 saturated heterocycles. The number of aryl methyl sites for hydroxylation is 1. The molecule has 2 aromatic carbocycles. The van der Waals surface area contributed by atoms with E-state index in [1.807, 2.05) is 37.3 Å². The first-order chi connectivity index (χ1) is 11.6. The average molecular weight is 329 g/mol. The Labute approximate surface area is 142 Å². The molecule has 0 unspecified atom stereocenters. The van der Waals surface area contributed by atoms with Crippen LogP contribution in [0.5, 0.6) is 11.5 Å². The van der Waals surface area contributed by atoms with Crippen LogP contribution in [0.3, 0.4) is 0 Å². The number of rotatable bonds is 9. The van der Waals surface area contributed by atoms with Crippen LogP contribution in [-0.4, -0.2) is 26.2 Å². The molecule has 0 saturated carbocycles. The number of methoxy groups -OCH3 is 1. The summed E-state index contributed by atoms with van der Waals surface area (Å²) in [5, 5.41) is 0. The maximum Gasteiger partial charge on any atom is 0.248 e. The predicted octanol–water partition coefficient (Wildman–Crippen LogP) is 3.09. The highest BCUT2D eigenvalue weighted by Gasteiger charge is 2.03. The van der Waals surface area contributed by atoms with Crippen LogP contribution >= 0.6 is 0 Å². The van der Waals surface area contributed by atoms with E-state index in [0.717, 1.165) is 29.0 Å². The van der Waals surface area contributed by atoms with E-state index in [2.05, 4.69) is 0 Å². The number of primary amides is 1. The SMILES string of the molecule is COCCCOc1cc(C)cc(OCc2ccc(C(N)=O)cc2)c1. The Morgan fingerprint density at radius 2 is 1.67 bits per heavy atom. The van der Waals surface area contributed by atoms with Gasteiger partial charge in [0, 0.05) is 31.8 Å². The number of nitrogens with two attached hydrogens (primary N) is 1. The molecular weight excluding hydrogens is 306 g/mol. The Hall–Kier alpha value is -2.53. The third-order valence-corrected chi connectivity index (χ3v) is 3.43. The van der Waals surface area contributed by atoms with E-state index in [1.54, 1.807) is 19.2 Å². The minimum atomic E-state index is -0.434. The van der Waals surface area contributed by atoms with Crippen LogP contribution in [0, 0.1) is 6.92 Å². The summed E-state index contributed by atoms with van der Waals surface area (Å²) in [4.78, 5) is 11.1. The summed E-state index contributed by atoms with van der Waals surface area (Å²) >= 11 is 0. The topological polar surface area (TPSA) is 70.8 Å². The third-order valence-electron chi connectivity index (χ3n) is 3.43. The lowest BCUT2D eigenvalue weighted by Crippen LogP contribution is -2.10. The normalized spacial score (nSPS) is 10.4. The third kappa shape index (κ3) is 5.59. The Balaban J connectivity index is 1.93. The van der Waals surface area contributed by atoms with Gasteiger partial charge in [0.05, 0.1) is 6.61 Å². The van der Waals surface area contributed by atoms with Crippen molar-refractivity contribution in [3.63, 3.8) is 0 Å². The van der Waals surface area contributed by atoms with E-state index in [-0.39, 0.29) is 0 Å². The van der Waals surface area contributed by atoms with Gasteiger partial charge >= 0.3 is 0 Å². The second-order valence-electron chi connectivity index (χ2n) is 5.53. The van der Waals surface area contributed by atoms with Gasteiger partial charge in [0.25, 0.3) is 0 Å². The van der Waals surface area contributed by atoms with Crippen molar-refractivity contribution in [1.82, 2.24) is 0 Å². The molecule has 0 bridgehead atoms. The number of ether oxygens (including phenoxy) is 3. The highest BCUT2D eigenvalue weighted by atomic mass is 16.5. The molecule has 0 fully saturated rings. The van der Waals surface area contributed by atoms with E-state index in [1.165, 1.54) is 0 Å². The number of amides is 1. The smallest absolute Gasteiger partial charge is 0.248 e. The molecule has 0 spiro atoms. The quantitative estimate of drug-likeness (QED) is 0.718. The summed E-state index contributed by atoms with van der Waals surface area (Å²) in [5.41, 5.74) is 7.75. The van der Waals surface area contributed by atoms with Crippen molar-refractivity contribution in [1.29, 1.82) is 0 Å². The monoisotopic (exact) mass is 329 g/mol. The van der Waals surface area contributed by atoms with Crippen LogP contribution in [0.4, 0.5) is 0 Å². The molecule has 0 aliphatic carbocycles. The van der Waals surface area contributed by atoms with Crippen molar-refractivity contribution in [2.75, 3.05) is 20.3 Å². The van der Waals surface area contributed by atoms with E-state index < -0.39 is 5.91 Å².